The number of hydrogen-bond donors (Lipinski definition) is 0. The topological polar surface area (TPSA) is 25.4 Å². The van der Waals surface area contributed by atoms with Crippen molar-refractivity contribution in [3.05, 3.63) is 28.9 Å². The number of halogens is 1. The molecule has 1 aromatic rings. The molecule has 0 unspecified atom stereocenters. The van der Waals surface area contributed by atoms with Gasteiger partial charge in [-0.15, -0.1) is 0 Å². The molecule has 0 aliphatic carbocycles. The van der Waals surface area contributed by atoms with E-state index in [9.17, 15) is 0 Å². The van der Waals surface area contributed by atoms with Crippen molar-refractivity contribution in [2.75, 3.05) is 25.1 Å². The average Bonchev–Trinajstić information content (AvgIpc) is 2.81. The molecule has 4 heteroatoms. The molecule has 0 aromatic carbocycles. The zero-order chi connectivity index (χ0) is 11.5. The average molecular weight is 283 g/mol. The molecule has 1 aliphatic heterocycles. The van der Waals surface area contributed by atoms with E-state index in [1.165, 1.54) is 12.8 Å². The number of pyridine rings is 1. The van der Waals surface area contributed by atoms with E-state index in [1.54, 1.807) is 7.11 Å². The SMILES string of the molecule is C=C(OC)c1cnc(N2CCCC2)c(Br)c1. The van der Waals surface area contributed by atoms with Gasteiger partial charge in [0.05, 0.1) is 11.6 Å². The summed E-state index contributed by atoms with van der Waals surface area (Å²) in [6, 6.07) is 2.01. The molecule has 0 radical (unpaired) electrons. The first-order chi connectivity index (χ1) is 7.72. The van der Waals surface area contributed by atoms with Gasteiger partial charge < -0.3 is 9.64 Å². The van der Waals surface area contributed by atoms with Gasteiger partial charge in [-0.25, -0.2) is 4.98 Å². The third kappa shape index (κ3) is 2.21. The largest absolute Gasteiger partial charge is 0.497 e. The summed E-state index contributed by atoms with van der Waals surface area (Å²) in [4.78, 5) is 6.76. The van der Waals surface area contributed by atoms with Gasteiger partial charge in [0, 0.05) is 24.8 Å². The van der Waals surface area contributed by atoms with E-state index in [-0.39, 0.29) is 0 Å². The second-order valence-corrected chi connectivity index (χ2v) is 4.71. The molecule has 2 heterocycles. The number of methoxy groups -OCH3 is 1. The van der Waals surface area contributed by atoms with E-state index in [1.807, 2.05) is 12.3 Å². The lowest BCUT2D eigenvalue weighted by molar-refractivity contribution is 0.371. The van der Waals surface area contributed by atoms with Crippen molar-refractivity contribution in [3.8, 4) is 0 Å². The van der Waals surface area contributed by atoms with Gasteiger partial charge in [-0.3, -0.25) is 0 Å². The maximum Gasteiger partial charge on any atom is 0.142 e. The van der Waals surface area contributed by atoms with Crippen LogP contribution in [0.4, 0.5) is 5.82 Å². The molecule has 0 spiro atoms. The predicted octanol–water partition coefficient (Wildman–Crippen LogP) is 3.06. The van der Waals surface area contributed by atoms with Gasteiger partial charge in [0.2, 0.25) is 0 Å². The highest BCUT2D eigenvalue weighted by atomic mass is 79.9. The Balaban J connectivity index is 2.25. The van der Waals surface area contributed by atoms with Crippen LogP contribution in [0.2, 0.25) is 0 Å². The van der Waals surface area contributed by atoms with Crippen LogP contribution >= 0.6 is 15.9 Å². The van der Waals surface area contributed by atoms with Crippen LogP contribution in [0.1, 0.15) is 18.4 Å². The first kappa shape index (κ1) is 11.5. The number of ether oxygens (including phenoxy) is 1. The van der Waals surface area contributed by atoms with Crippen LogP contribution in [-0.4, -0.2) is 25.2 Å². The summed E-state index contributed by atoms with van der Waals surface area (Å²) in [6.07, 6.45) is 4.31. The maximum atomic E-state index is 5.09. The van der Waals surface area contributed by atoms with E-state index in [2.05, 4.69) is 32.4 Å². The number of aromatic nitrogens is 1. The smallest absolute Gasteiger partial charge is 0.142 e. The number of anilines is 1. The van der Waals surface area contributed by atoms with Crippen molar-refractivity contribution < 1.29 is 4.74 Å². The van der Waals surface area contributed by atoms with Gasteiger partial charge in [-0.2, -0.15) is 0 Å². The van der Waals surface area contributed by atoms with Crippen LogP contribution in [0.3, 0.4) is 0 Å². The fourth-order valence-corrected chi connectivity index (χ4v) is 2.46. The van der Waals surface area contributed by atoms with Crippen LogP contribution in [0.15, 0.2) is 23.3 Å². The molecular formula is C12H15BrN2O. The number of nitrogens with zero attached hydrogens (tertiary/aromatic N) is 2. The second kappa shape index (κ2) is 4.87. The van der Waals surface area contributed by atoms with Crippen molar-refractivity contribution in [2.45, 2.75) is 12.8 Å². The van der Waals surface area contributed by atoms with Crippen LogP contribution < -0.4 is 4.90 Å². The zero-order valence-electron chi connectivity index (χ0n) is 9.37. The maximum absolute atomic E-state index is 5.09. The highest BCUT2D eigenvalue weighted by Crippen LogP contribution is 2.29. The van der Waals surface area contributed by atoms with E-state index >= 15 is 0 Å². The van der Waals surface area contributed by atoms with Crippen molar-refractivity contribution in [3.63, 3.8) is 0 Å². The second-order valence-electron chi connectivity index (χ2n) is 3.85. The van der Waals surface area contributed by atoms with Crippen molar-refractivity contribution in [2.24, 2.45) is 0 Å². The van der Waals surface area contributed by atoms with Gasteiger partial charge in [0.25, 0.3) is 0 Å². The van der Waals surface area contributed by atoms with Gasteiger partial charge in [-0.05, 0) is 34.8 Å². The summed E-state index contributed by atoms with van der Waals surface area (Å²) in [5, 5.41) is 0. The first-order valence-electron chi connectivity index (χ1n) is 5.36. The standard InChI is InChI=1S/C12H15BrN2O/c1-9(16-2)10-7-11(13)12(14-8-10)15-5-3-4-6-15/h7-8H,1,3-6H2,2H3. The molecule has 2 rings (SSSR count). The number of hydrogen-bond acceptors (Lipinski definition) is 3. The molecule has 1 aromatic heterocycles. The van der Waals surface area contributed by atoms with Crippen LogP contribution in [0.5, 0.6) is 0 Å². The minimum absolute atomic E-state index is 0.640. The summed E-state index contributed by atoms with van der Waals surface area (Å²) >= 11 is 3.55. The summed E-state index contributed by atoms with van der Waals surface area (Å²) in [5.41, 5.74) is 0.914. The fourth-order valence-electron chi connectivity index (χ4n) is 1.86. The molecule has 0 atom stereocenters. The molecule has 0 bridgehead atoms. The summed E-state index contributed by atoms with van der Waals surface area (Å²) in [7, 11) is 1.62. The quantitative estimate of drug-likeness (QED) is 0.797. The van der Waals surface area contributed by atoms with E-state index in [0.717, 1.165) is 28.9 Å². The highest BCUT2D eigenvalue weighted by molar-refractivity contribution is 9.10. The lowest BCUT2D eigenvalue weighted by Gasteiger charge is -2.18. The fraction of sp³-hybridized carbons (Fsp3) is 0.417. The van der Waals surface area contributed by atoms with Crippen LogP contribution in [-0.2, 0) is 4.74 Å². The number of rotatable bonds is 3. The molecule has 3 nitrogen and oxygen atoms in total. The molecule has 1 fully saturated rings. The summed E-state index contributed by atoms with van der Waals surface area (Å²) in [6.45, 7) is 6.00. The van der Waals surface area contributed by atoms with E-state index in [4.69, 9.17) is 4.74 Å². The lowest BCUT2D eigenvalue weighted by atomic mass is 10.2. The Bertz CT molecular complexity index is 400. The Morgan fingerprint density at radius 2 is 2.19 bits per heavy atom. The Morgan fingerprint density at radius 3 is 2.75 bits per heavy atom. The Kier molecular flexibility index (Phi) is 3.49. The van der Waals surface area contributed by atoms with E-state index < -0.39 is 0 Å². The summed E-state index contributed by atoms with van der Waals surface area (Å²) in [5.74, 6) is 1.66. The van der Waals surface area contributed by atoms with Crippen LogP contribution in [0, 0.1) is 0 Å². The minimum atomic E-state index is 0.640. The van der Waals surface area contributed by atoms with Gasteiger partial charge in [0.15, 0.2) is 0 Å². The molecule has 0 amide bonds. The Morgan fingerprint density at radius 1 is 1.50 bits per heavy atom. The van der Waals surface area contributed by atoms with Gasteiger partial charge in [0.1, 0.15) is 11.6 Å². The third-order valence-corrected chi connectivity index (χ3v) is 3.38. The minimum Gasteiger partial charge on any atom is -0.497 e. The normalized spacial score (nSPS) is 15.2. The molecule has 16 heavy (non-hydrogen) atoms. The van der Waals surface area contributed by atoms with Gasteiger partial charge in [-0.1, -0.05) is 6.58 Å². The molecule has 0 N–H and O–H groups in total. The van der Waals surface area contributed by atoms with Crippen molar-refractivity contribution in [1.29, 1.82) is 0 Å². The van der Waals surface area contributed by atoms with Crippen molar-refractivity contribution >= 4 is 27.5 Å². The zero-order valence-corrected chi connectivity index (χ0v) is 11.0. The molecule has 1 aliphatic rings. The Labute approximate surface area is 104 Å². The monoisotopic (exact) mass is 282 g/mol. The molecule has 1 saturated heterocycles. The van der Waals surface area contributed by atoms with Crippen LogP contribution in [0.25, 0.3) is 5.76 Å². The highest BCUT2D eigenvalue weighted by Gasteiger charge is 2.16. The van der Waals surface area contributed by atoms with E-state index in [0.29, 0.717) is 5.76 Å². The molecule has 0 saturated carbocycles. The lowest BCUT2D eigenvalue weighted by Crippen LogP contribution is -2.19. The molecule has 86 valence electrons. The van der Waals surface area contributed by atoms with Crippen molar-refractivity contribution in [1.82, 2.24) is 4.98 Å². The third-order valence-electron chi connectivity index (χ3n) is 2.80. The Hall–Kier alpha value is -1.03. The first-order valence-corrected chi connectivity index (χ1v) is 6.15. The predicted molar refractivity (Wildman–Crippen MR) is 69.4 cm³/mol. The summed E-state index contributed by atoms with van der Waals surface area (Å²) < 4.78 is 6.09. The van der Waals surface area contributed by atoms with Gasteiger partial charge >= 0.3 is 0 Å². The molecular weight excluding hydrogens is 268 g/mol.